The number of nitrogens with zero attached hydrogens (tertiary/aromatic N) is 1. The third kappa shape index (κ3) is 3.11. The van der Waals surface area contributed by atoms with Crippen molar-refractivity contribution in [3.05, 3.63) is 27.2 Å². The fourth-order valence-corrected chi connectivity index (χ4v) is 1.69. The third-order valence-electron chi connectivity index (χ3n) is 1.90. The van der Waals surface area contributed by atoms with Gasteiger partial charge in [-0.2, -0.15) is 0 Å². The second kappa shape index (κ2) is 4.86. The zero-order chi connectivity index (χ0) is 11.6. The molecule has 0 bridgehead atoms. The zero-order valence-corrected chi connectivity index (χ0v) is 11.1. The Morgan fingerprint density at radius 3 is 2.60 bits per heavy atom. The van der Waals surface area contributed by atoms with Crippen molar-refractivity contribution >= 4 is 39.2 Å². The molecule has 0 saturated carbocycles. The number of hydrogen-bond donors (Lipinski definition) is 1. The van der Waals surface area contributed by atoms with Gasteiger partial charge in [-0.05, 0) is 40.5 Å². The number of carbonyl (C=O) groups excluding carboxylic acids is 1. The summed E-state index contributed by atoms with van der Waals surface area (Å²) < 4.78 is 0.819. The van der Waals surface area contributed by atoms with E-state index in [1.807, 2.05) is 13.0 Å². The van der Waals surface area contributed by atoms with E-state index in [0.717, 1.165) is 10.0 Å². The van der Waals surface area contributed by atoms with E-state index in [-0.39, 0.29) is 6.03 Å². The molecule has 0 saturated heterocycles. The van der Waals surface area contributed by atoms with Crippen molar-refractivity contribution in [3.63, 3.8) is 0 Å². The Kier molecular flexibility index (Phi) is 3.99. The largest absolute Gasteiger partial charge is 0.331 e. The molecule has 15 heavy (non-hydrogen) atoms. The Labute approximate surface area is 103 Å². The summed E-state index contributed by atoms with van der Waals surface area (Å²) in [5, 5.41) is 3.37. The van der Waals surface area contributed by atoms with E-state index < -0.39 is 0 Å². The van der Waals surface area contributed by atoms with Crippen LogP contribution < -0.4 is 5.32 Å². The van der Waals surface area contributed by atoms with Crippen LogP contribution in [0.2, 0.25) is 5.02 Å². The Morgan fingerprint density at radius 2 is 2.07 bits per heavy atom. The second-order valence-corrected chi connectivity index (χ2v) is 4.67. The van der Waals surface area contributed by atoms with Crippen molar-refractivity contribution in [2.75, 3.05) is 19.4 Å². The van der Waals surface area contributed by atoms with E-state index in [1.165, 1.54) is 4.90 Å². The van der Waals surface area contributed by atoms with Gasteiger partial charge in [0.25, 0.3) is 0 Å². The fraction of sp³-hybridized carbons (Fsp3) is 0.300. The van der Waals surface area contributed by atoms with Gasteiger partial charge in [0, 0.05) is 23.6 Å². The lowest BCUT2D eigenvalue weighted by Gasteiger charge is -2.14. The molecule has 2 amide bonds. The fourth-order valence-electron chi connectivity index (χ4n) is 0.969. The SMILES string of the molecule is Cc1cc(Br)c(NC(=O)N(C)C)cc1Cl. The number of anilines is 1. The molecule has 0 aliphatic heterocycles. The van der Waals surface area contributed by atoms with Crippen LogP contribution in [0.3, 0.4) is 0 Å². The van der Waals surface area contributed by atoms with Crippen LogP contribution in [0.25, 0.3) is 0 Å². The first-order chi connectivity index (χ1) is 6.91. The number of urea groups is 1. The van der Waals surface area contributed by atoms with Gasteiger partial charge in [-0.3, -0.25) is 0 Å². The summed E-state index contributed by atoms with van der Waals surface area (Å²) in [6.45, 7) is 1.91. The quantitative estimate of drug-likeness (QED) is 0.844. The van der Waals surface area contributed by atoms with Crippen molar-refractivity contribution in [2.24, 2.45) is 0 Å². The number of amides is 2. The van der Waals surface area contributed by atoms with Gasteiger partial charge < -0.3 is 10.2 Å². The van der Waals surface area contributed by atoms with E-state index in [1.54, 1.807) is 20.2 Å². The number of hydrogen-bond acceptors (Lipinski definition) is 1. The maximum absolute atomic E-state index is 11.4. The summed E-state index contributed by atoms with van der Waals surface area (Å²) in [6.07, 6.45) is 0. The summed E-state index contributed by atoms with van der Waals surface area (Å²) in [7, 11) is 3.36. The van der Waals surface area contributed by atoms with Gasteiger partial charge in [-0.15, -0.1) is 0 Å². The molecule has 0 aromatic heterocycles. The van der Waals surface area contributed by atoms with Crippen LogP contribution in [0.4, 0.5) is 10.5 Å². The summed E-state index contributed by atoms with van der Waals surface area (Å²) >= 11 is 9.33. The monoisotopic (exact) mass is 290 g/mol. The smallest absolute Gasteiger partial charge is 0.321 e. The molecule has 1 rings (SSSR count). The third-order valence-corrected chi connectivity index (χ3v) is 2.96. The lowest BCUT2D eigenvalue weighted by atomic mass is 10.2. The highest BCUT2D eigenvalue weighted by Gasteiger charge is 2.08. The molecule has 0 aliphatic rings. The van der Waals surface area contributed by atoms with Crippen molar-refractivity contribution in [2.45, 2.75) is 6.92 Å². The average molecular weight is 292 g/mol. The Bertz CT molecular complexity index is 393. The van der Waals surface area contributed by atoms with Crippen LogP contribution in [0, 0.1) is 6.92 Å². The average Bonchev–Trinajstić information content (AvgIpc) is 2.13. The Morgan fingerprint density at radius 1 is 1.47 bits per heavy atom. The predicted molar refractivity (Wildman–Crippen MR) is 66.6 cm³/mol. The first kappa shape index (κ1) is 12.3. The van der Waals surface area contributed by atoms with Crippen LogP contribution in [-0.2, 0) is 0 Å². The normalized spacial score (nSPS) is 9.93. The van der Waals surface area contributed by atoms with E-state index in [0.29, 0.717) is 10.7 Å². The van der Waals surface area contributed by atoms with Crippen LogP contribution in [0.15, 0.2) is 16.6 Å². The molecular formula is C10H12BrClN2O. The molecule has 0 fully saturated rings. The standard InChI is InChI=1S/C10H12BrClN2O/c1-6-4-7(11)9(5-8(6)12)13-10(15)14(2)3/h4-5H,1-3H3,(H,13,15). The number of nitrogens with one attached hydrogen (secondary N) is 1. The molecule has 1 N–H and O–H groups in total. The molecule has 0 atom stereocenters. The molecule has 3 nitrogen and oxygen atoms in total. The van der Waals surface area contributed by atoms with Crippen molar-refractivity contribution in [3.8, 4) is 0 Å². The maximum atomic E-state index is 11.4. The van der Waals surface area contributed by atoms with Gasteiger partial charge in [-0.25, -0.2) is 4.79 Å². The van der Waals surface area contributed by atoms with Gasteiger partial charge in [0.05, 0.1) is 5.69 Å². The minimum Gasteiger partial charge on any atom is -0.331 e. The van der Waals surface area contributed by atoms with Gasteiger partial charge in [0.15, 0.2) is 0 Å². The number of carbonyl (C=O) groups is 1. The van der Waals surface area contributed by atoms with Gasteiger partial charge in [-0.1, -0.05) is 11.6 Å². The molecule has 0 heterocycles. The van der Waals surface area contributed by atoms with Gasteiger partial charge in [0.1, 0.15) is 0 Å². The molecule has 82 valence electrons. The number of aryl methyl sites for hydroxylation is 1. The summed E-state index contributed by atoms with van der Waals surface area (Å²) in [5.41, 5.74) is 1.63. The van der Waals surface area contributed by atoms with E-state index in [4.69, 9.17) is 11.6 Å². The first-order valence-electron chi connectivity index (χ1n) is 4.35. The van der Waals surface area contributed by atoms with E-state index in [2.05, 4.69) is 21.2 Å². The van der Waals surface area contributed by atoms with Crippen LogP contribution in [0.1, 0.15) is 5.56 Å². The second-order valence-electron chi connectivity index (χ2n) is 3.41. The minimum atomic E-state index is -0.185. The summed E-state index contributed by atoms with van der Waals surface area (Å²) in [5.74, 6) is 0. The molecule has 1 aromatic carbocycles. The Balaban J connectivity index is 2.96. The van der Waals surface area contributed by atoms with Gasteiger partial charge in [0.2, 0.25) is 0 Å². The van der Waals surface area contributed by atoms with Crippen LogP contribution >= 0.6 is 27.5 Å². The van der Waals surface area contributed by atoms with Crippen molar-refractivity contribution < 1.29 is 4.79 Å². The van der Waals surface area contributed by atoms with E-state index >= 15 is 0 Å². The number of halogens is 2. The topological polar surface area (TPSA) is 32.3 Å². The van der Waals surface area contributed by atoms with Crippen molar-refractivity contribution in [1.82, 2.24) is 4.90 Å². The lowest BCUT2D eigenvalue weighted by Crippen LogP contribution is -2.27. The van der Waals surface area contributed by atoms with Gasteiger partial charge >= 0.3 is 6.03 Å². The zero-order valence-electron chi connectivity index (χ0n) is 8.77. The maximum Gasteiger partial charge on any atom is 0.321 e. The molecular weight excluding hydrogens is 279 g/mol. The summed E-state index contributed by atoms with van der Waals surface area (Å²) in [6, 6.07) is 3.41. The minimum absolute atomic E-state index is 0.185. The lowest BCUT2D eigenvalue weighted by molar-refractivity contribution is 0.230. The highest BCUT2D eigenvalue weighted by Crippen LogP contribution is 2.29. The van der Waals surface area contributed by atoms with Crippen LogP contribution in [0.5, 0.6) is 0 Å². The molecule has 0 aliphatic carbocycles. The summed E-state index contributed by atoms with van der Waals surface area (Å²) in [4.78, 5) is 12.9. The van der Waals surface area contributed by atoms with Crippen molar-refractivity contribution in [1.29, 1.82) is 0 Å². The molecule has 0 spiro atoms. The Hall–Kier alpha value is -0.740. The van der Waals surface area contributed by atoms with Crippen LogP contribution in [-0.4, -0.2) is 25.0 Å². The molecule has 0 unspecified atom stereocenters. The number of rotatable bonds is 1. The predicted octanol–water partition coefficient (Wildman–Crippen LogP) is 3.50. The molecule has 0 radical (unpaired) electrons. The highest BCUT2D eigenvalue weighted by atomic mass is 79.9. The number of benzene rings is 1. The molecule has 5 heteroatoms. The van der Waals surface area contributed by atoms with E-state index in [9.17, 15) is 4.79 Å². The first-order valence-corrected chi connectivity index (χ1v) is 5.53. The highest BCUT2D eigenvalue weighted by molar-refractivity contribution is 9.10. The molecule has 1 aromatic rings.